The maximum absolute atomic E-state index is 10.9. The van der Waals surface area contributed by atoms with E-state index < -0.39 is 11.9 Å². The minimum absolute atomic E-state index is 0.0943. The number of aromatic hydroxyl groups is 2. The molecule has 3 aromatic rings. The van der Waals surface area contributed by atoms with Crippen LogP contribution in [0.4, 0.5) is 0 Å². The molecule has 0 unspecified atom stereocenters. The van der Waals surface area contributed by atoms with Crippen LogP contribution in [0.5, 0.6) is 11.5 Å². The van der Waals surface area contributed by atoms with Gasteiger partial charge < -0.3 is 20.4 Å². The number of carboxylic acid groups (broad SMARTS) is 2. The number of carbonyl (C=O) groups is 2. The normalized spacial score (nSPS) is 10.5. The molecule has 0 fully saturated rings. The number of rotatable bonds is 4. The number of phenols is 2. The van der Waals surface area contributed by atoms with E-state index in [0.29, 0.717) is 22.3 Å². The topological polar surface area (TPSA) is 115 Å². The lowest BCUT2D eigenvalue weighted by atomic mass is 9.97. The molecule has 4 N–H and O–H groups in total. The quantitative estimate of drug-likeness (QED) is 0.532. The Labute approximate surface area is 148 Å². The Hall–Kier alpha value is -3.80. The van der Waals surface area contributed by atoms with E-state index in [1.807, 2.05) is 0 Å². The summed E-state index contributed by atoms with van der Waals surface area (Å²) in [6.45, 7) is 0. The first-order valence-corrected chi connectivity index (χ1v) is 7.60. The Kier molecular flexibility index (Phi) is 4.33. The number of aromatic carboxylic acids is 2. The standard InChI is InChI=1S/C20H14O6/c21-17-10-16(12-3-7-14(8-4-12)20(25)26)18(22)9-15(17)11-1-5-13(6-2-11)19(23)24/h1-10,21-22H,(H,23,24)(H,25,26). The van der Waals surface area contributed by atoms with E-state index in [-0.39, 0.29) is 22.6 Å². The number of benzene rings is 3. The molecular weight excluding hydrogens is 336 g/mol. The first-order valence-electron chi connectivity index (χ1n) is 7.60. The number of carboxylic acids is 2. The second-order valence-corrected chi connectivity index (χ2v) is 5.65. The van der Waals surface area contributed by atoms with Crippen molar-refractivity contribution in [3.05, 3.63) is 71.8 Å². The molecule has 6 heteroatoms. The number of hydrogen-bond acceptors (Lipinski definition) is 4. The molecule has 0 radical (unpaired) electrons. The lowest BCUT2D eigenvalue weighted by Gasteiger charge is -2.11. The van der Waals surface area contributed by atoms with Gasteiger partial charge in [0, 0.05) is 11.1 Å². The highest BCUT2D eigenvalue weighted by atomic mass is 16.4. The Morgan fingerprint density at radius 3 is 1.15 bits per heavy atom. The molecule has 0 saturated carbocycles. The van der Waals surface area contributed by atoms with Gasteiger partial charge in [-0.2, -0.15) is 0 Å². The summed E-state index contributed by atoms with van der Waals surface area (Å²) in [6, 6.07) is 14.6. The monoisotopic (exact) mass is 350 g/mol. The molecule has 0 atom stereocenters. The SMILES string of the molecule is O=C(O)c1ccc(-c2cc(O)c(-c3ccc(C(=O)O)cc3)cc2O)cc1. The van der Waals surface area contributed by atoms with Gasteiger partial charge >= 0.3 is 11.9 Å². The smallest absolute Gasteiger partial charge is 0.335 e. The third-order valence-electron chi connectivity index (χ3n) is 4.00. The van der Waals surface area contributed by atoms with Gasteiger partial charge in [-0.1, -0.05) is 24.3 Å². The minimum atomic E-state index is -1.05. The highest BCUT2D eigenvalue weighted by Crippen LogP contribution is 2.39. The molecule has 0 aromatic heterocycles. The van der Waals surface area contributed by atoms with Crippen molar-refractivity contribution in [3.8, 4) is 33.8 Å². The summed E-state index contributed by atoms with van der Waals surface area (Å²) in [5.41, 5.74) is 2.04. The largest absolute Gasteiger partial charge is 0.507 e. The molecule has 0 saturated heterocycles. The minimum Gasteiger partial charge on any atom is -0.507 e. The summed E-state index contributed by atoms with van der Waals surface area (Å²) in [6.07, 6.45) is 0. The van der Waals surface area contributed by atoms with Gasteiger partial charge in [-0.25, -0.2) is 9.59 Å². The zero-order chi connectivity index (χ0) is 18.8. The predicted octanol–water partition coefficient (Wildman–Crippen LogP) is 3.83. The zero-order valence-electron chi connectivity index (χ0n) is 13.4. The third-order valence-corrected chi connectivity index (χ3v) is 4.00. The van der Waals surface area contributed by atoms with Crippen LogP contribution in [-0.4, -0.2) is 32.4 Å². The first-order chi connectivity index (χ1) is 12.4. The lowest BCUT2D eigenvalue weighted by molar-refractivity contribution is 0.0686. The molecule has 0 bridgehead atoms. The van der Waals surface area contributed by atoms with Crippen molar-refractivity contribution in [3.63, 3.8) is 0 Å². The van der Waals surface area contributed by atoms with E-state index in [0.717, 1.165) is 0 Å². The third kappa shape index (κ3) is 3.21. The van der Waals surface area contributed by atoms with E-state index in [1.165, 1.54) is 36.4 Å². The van der Waals surface area contributed by atoms with Gasteiger partial charge in [0.15, 0.2) is 0 Å². The maximum Gasteiger partial charge on any atom is 0.335 e. The Balaban J connectivity index is 2.00. The van der Waals surface area contributed by atoms with E-state index in [9.17, 15) is 19.8 Å². The molecule has 0 spiro atoms. The van der Waals surface area contributed by atoms with Gasteiger partial charge in [0.1, 0.15) is 11.5 Å². The Bertz CT molecular complexity index is 905. The van der Waals surface area contributed by atoms with Crippen molar-refractivity contribution in [2.24, 2.45) is 0 Å². The molecule has 3 rings (SSSR count). The van der Waals surface area contributed by atoms with E-state index in [4.69, 9.17) is 10.2 Å². The van der Waals surface area contributed by atoms with Gasteiger partial charge in [-0.3, -0.25) is 0 Å². The van der Waals surface area contributed by atoms with Gasteiger partial charge in [0.05, 0.1) is 11.1 Å². The van der Waals surface area contributed by atoms with E-state index in [2.05, 4.69) is 0 Å². The van der Waals surface area contributed by atoms with Crippen LogP contribution >= 0.6 is 0 Å². The van der Waals surface area contributed by atoms with Gasteiger partial charge in [0.25, 0.3) is 0 Å². The van der Waals surface area contributed by atoms with Crippen LogP contribution in [0.15, 0.2) is 60.7 Å². The number of phenolic OH excluding ortho intramolecular Hbond substituents is 2. The fraction of sp³-hybridized carbons (Fsp3) is 0. The molecule has 6 nitrogen and oxygen atoms in total. The Morgan fingerprint density at radius 2 is 0.885 bits per heavy atom. The molecule has 0 aliphatic heterocycles. The molecule has 0 aliphatic carbocycles. The second-order valence-electron chi connectivity index (χ2n) is 5.65. The van der Waals surface area contributed by atoms with Gasteiger partial charge in [-0.05, 0) is 47.5 Å². The van der Waals surface area contributed by atoms with Crippen molar-refractivity contribution in [1.29, 1.82) is 0 Å². The molecule has 130 valence electrons. The summed E-state index contributed by atoms with van der Waals surface area (Å²) < 4.78 is 0. The van der Waals surface area contributed by atoms with Crippen molar-refractivity contribution in [2.45, 2.75) is 0 Å². The van der Waals surface area contributed by atoms with Crippen molar-refractivity contribution in [2.75, 3.05) is 0 Å². The highest BCUT2D eigenvalue weighted by Gasteiger charge is 2.13. The first kappa shape index (κ1) is 17.0. The highest BCUT2D eigenvalue weighted by molar-refractivity contribution is 5.90. The van der Waals surface area contributed by atoms with Crippen LogP contribution in [0.1, 0.15) is 20.7 Å². The average molecular weight is 350 g/mol. The zero-order valence-corrected chi connectivity index (χ0v) is 13.4. The summed E-state index contributed by atoms with van der Waals surface area (Å²) in [4.78, 5) is 21.8. The van der Waals surface area contributed by atoms with Gasteiger partial charge in [0.2, 0.25) is 0 Å². The van der Waals surface area contributed by atoms with Crippen LogP contribution in [0.25, 0.3) is 22.3 Å². The van der Waals surface area contributed by atoms with Crippen LogP contribution in [0.2, 0.25) is 0 Å². The summed E-state index contributed by atoms with van der Waals surface area (Å²) in [5, 5.41) is 38.5. The van der Waals surface area contributed by atoms with Crippen molar-refractivity contribution < 1.29 is 30.0 Å². The molecule has 0 amide bonds. The second kappa shape index (κ2) is 6.60. The molecule has 26 heavy (non-hydrogen) atoms. The fourth-order valence-corrected chi connectivity index (χ4v) is 2.62. The molecule has 0 aliphatic rings. The van der Waals surface area contributed by atoms with Gasteiger partial charge in [-0.15, -0.1) is 0 Å². The summed E-state index contributed by atoms with van der Waals surface area (Å²) >= 11 is 0. The predicted molar refractivity (Wildman–Crippen MR) is 94.6 cm³/mol. The lowest BCUT2D eigenvalue weighted by Crippen LogP contribution is -1.95. The molecule has 3 aromatic carbocycles. The van der Waals surface area contributed by atoms with Crippen LogP contribution in [0.3, 0.4) is 0 Å². The molecule has 0 heterocycles. The summed E-state index contributed by atoms with van der Waals surface area (Å²) in [7, 11) is 0. The van der Waals surface area contributed by atoms with Crippen LogP contribution < -0.4 is 0 Å². The van der Waals surface area contributed by atoms with Crippen molar-refractivity contribution >= 4 is 11.9 Å². The van der Waals surface area contributed by atoms with Crippen LogP contribution in [0, 0.1) is 0 Å². The molecular formula is C20H14O6. The Morgan fingerprint density at radius 1 is 0.577 bits per heavy atom. The fourth-order valence-electron chi connectivity index (χ4n) is 2.62. The summed E-state index contributed by atoms with van der Waals surface area (Å²) in [5.74, 6) is -2.29. The average Bonchev–Trinajstić information content (AvgIpc) is 2.63. The maximum atomic E-state index is 10.9. The van der Waals surface area contributed by atoms with Crippen molar-refractivity contribution in [1.82, 2.24) is 0 Å². The van der Waals surface area contributed by atoms with E-state index >= 15 is 0 Å². The van der Waals surface area contributed by atoms with E-state index in [1.54, 1.807) is 24.3 Å². The van der Waals surface area contributed by atoms with Crippen LogP contribution in [-0.2, 0) is 0 Å². The number of hydrogen-bond donors (Lipinski definition) is 4.